The molecule has 0 saturated carbocycles. The first-order valence-electron chi connectivity index (χ1n) is 8.91. The highest BCUT2D eigenvalue weighted by molar-refractivity contribution is 6.35. The number of hydrogen-bond acceptors (Lipinski definition) is 4. The number of nitrogens with zero attached hydrogens (tertiary/aromatic N) is 3. The molecule has 148 valence electrons. The van der Waals surface area contributed by atoms with Crippen LogP contribution in [0.2, 0.25) is 0 Å². The van der Waals surface area contributed by atoms with Crippen LogP contribution in [0, 0.1) is 19.7 Å². The van der Waals surface area contributed by atoms with Crippen molar-refractivity contribution in [2.75, 3.05) is 0 Å². The summed E-state index contributed by atoms with van der Waals surface area (Å²) in [6, 6.07) is 13.3. The second-order valence-corrected chi connectivity index (χ2v) is 6.34. The van der Waals surface area contributed by atoms with Crippen LogP contribution in [0.15, 0.2) is 59.8 Å². The highest BCUT2D eigenvalue weighted by Crippen LogP contribution is 2.19. The molecular weight excluding hydrogens is 373 g/mol. The van der Waals surface area contributed by atoms with Gasteiger partial charge in [0, 0.05) is 28.8 Å². The first kappa shape index (κ1) is 19.9. The van der Waals surface area contributed by atoms with Gasteiger partial charge in [0.2, 0.25) is 0 Å². The molecule has 2 amide bonds. The van der Waals surface area contributed by atoms with E-state index in [0.29, 0.717) is 5.69 Å². The summed E-state index contributed by atoms with van der Waals surface area (Å²) >= 11 is 0. The smallest absolute Gasteiger partial charge is 0.329 e. The molecule has 0 radical (unpaired) electrons. The van der Waals surface area contributed by atoms with E-state index in [2.05, 4.69) is 20.8 Å². The summed E-state index contributed by atoms with van der Waals surface area (Å²) in [5.74, 6) is -1.98. The van der Waals surface area contributed by atoms with Gasteiger partial charge >= 0.3 is 11.8 Å². The summed E-state index contributed by atoms with van der Waals surface area (Å²) in [6.07, 6.45) is 3.07. The fourth-order valence-corrected chi connectivity index (χ4v) is 2.87. The highest BCUT2D eigenvalue weighted by atomic mass is 19.1. The van der Waals surface area contributed by atoms with Gasteiger partial charge in [0.25, 0.3) is 0 Å². The number of rotatable bonds is 5. The molecule has 3 rings (SSSR count). The molecule has 0 unspecified atom stereocenters. The van der Waals surface area contributed by atoms with E-state index in [4.69, 9.17) is 0 Å². The zero-order valence-electron chi connectivity index (χ0n) is 16.0. The molecule has 8 heteroatoms. The number of benzene rings is 1. The molecule has 0 bridgehead atoms. The van der Waals surface area contributed by atoms with Gasteiger partial charge in [0.15, 0.2) is 0 Å². The van der Waals surface area contributed by atoms with Crippen LogP contribution in [0.4, 0.5) is 4.39 Å². The molecule has 29 heavy (non-hydrogen) atoms. The molecule has 1 aromatic carbocycles. The van der Waals surface area contributed by atoms with Crippen molar-refractivity contribution < 1.29 is 14.0 Å². The molecule has 0 aliphatic carbocycles. The Morgan fingerprint density at radius 2 is 1.90 bits per heavy atom. The van der Waals surface area contributed by atoms with E-state index < -0.39 is 11.8 Å². The second-order valence-electron chi connectivity index (χ2n) is 6.34. The van der Waals surface area contributed by atoms with Crippen molar-refractivity contribution in [1.82, 2.24) is 20.3 Å². The van der Waals surface area contributed by atoms with Gasteiger partial charge in [-0.25, -0.2) is 9.82 Å². The maximum atomic E-state index is 13.2. The first-order valence-corrected chi connectivity index (χ1v) is 8.91. The van der Waals surface area contributed by atoms with E-state index in [-0.39, 0.29) is 12.4 Å². The highest BCUT2D eigenvalue weighted by Gasteiger charge is 2.13. The quantitative estimate of drug-likeness (QED) is 0.396. The van der Waals surface area contributed by atoms with Gasteiger partial charge in [-0.05, 0) is 56.3 Å². The lowest BCUT2D eigenvalue weighted by Crippen LogP contribution is -2.37. The van der Waals surface area contributed by atoms with Gasteiger partial charge in [0.05, 0.1) is 18.5 Å². The van der Waals surface area contributed by atoms with Crippen LogP contribution in [0.1, 0.15) is 22.6 Å². The summed E-state index contributed by atoms with van der Waals surface area (Å²) < 4.78 is 15.1. The fraction of sp³-hybridized carbons (Fsp3) is 0.143. The molecule has 2 N–H and O–H groups in total. The predicted octanol–water partition coefficient (Wildman–Crippen LogP) is 2.39. The molecule has 0 fully saturated rings. The van der Waals surface area contributed by atoms with Crippen molar-refractivity contribution in [1.29, 1.82) is 0 Å². The molecule has 2 heterocycles. The summed E-state index contributed by atoms with van der Waals surface area (Å²) in [5.41, 5.74) is 6.23. The third kappa shape index (κ3) is 4.92. The number of nitrogens with one attached hydrogen (secondary N) is 2. The molecule has 0 saturated heterocycles. The molecule has 7 nitrogen and oxygen atoms in total. The van der Waals surface area contributed by atoms with Crippen molar-refractivity contribution >= 4 is 18.0 Å². The Labute approximate surface area is 167 Å². The lowest BCUT2D eigenvalue weighted by molar-refractivity contribution is -0.139. The van der Waals surface area contributed by atoms with E-state index >= 15 is 0 Å². The Kier molecular flexibility index (Phi) is 6.13. The number of halogens is 1. The predicted molar refractivity (Wildman–Crippen MR) is 107 cm³/mol. The lowest BCUT2D eigenvalue weighted by Gasteiger charge is -2.09. The second kappa shape index (κ2) is 8.92. The maximum absolute atomic E-state index is 13.2. The number of carbonyl (C=O) groups is 2. The minimum atomic E-state index is -0.871. The SMILES string of the molecule is Cc1cc(/C=N\NC(=O)C(=O)NCc2ccccn2)c(C)n1-c1ccc(F)cc1. The number of aromatic nitrogens is 2. The molecule has 2 aromatic heterocycles. The minimum Gasteiger partial charge on any atom is -0.342 e. The minimum absolute atomic E-state index is 0.148. The zero-order chi connectivity index (χ0) is 20.8. The van der Waals surface area contributed by atoms with Crippen LogP contribution in [-0.4, -0.2) is 27.6 Å². The standard InChI is InChI=1S/C21H20FN5O2/c1-14-11-16(15(2)27(14)19-8-6-17(22)7-9-19)12-25-26-21(29)20(28)24-13-18-5-3-4-10-23-18/h3-12H,13H2,1-2H3,(H,24,28)(H,26,29)/b25-12-. The number of carbonyl (C=O) groups excluding carboxylic acids is 2. The number of aryl methyl sites for hydroxylation is 1. The Morgan fingerprint density at radius 1 is 1.14 bits per heavy atom. The average Bonchev–Trinajstić information content (AvgIpc) is 3.01. The summed E-state index contributed by atoms with van der Waals surface area (Å²) in [7, 11) is 0. The van der Waals surface area contributed by atoms with Crippen molar-refractivity contribution in [2.24, 2.45) is 5.10 Å². The van der Waals surface area contributed by atoms with Gasteiger partial charge < -0.3 is 9.88 Å². The lowest BCUT2D eigenvalue weighted by atomic mass is 10.2. The van der Waals surface area contributed by atoms with Gasteiger partial charge in [-0.1, -0.05) is 6.07 Å². The van der Waals surface area contributed by atoms with Crippen LogP contribution < -0.4 is 10.7 Å². The molecular formula is C21H20FN5O2. The van der Waals surface area contributed by atoms with E-state index in [1.54, 1.807) is 36.5 Å². The van der Waals surface area contributed by atoms with E-state index in [0.717, 1.165) is 22.6 Å². The molecule has 0 atom stereocenters. The van der Waals surface area contributed by atoms with Gasteiger partial charge in [-0.2, -0.15) is 5.10 Å². The van der Waals surface area contributed by atoms with Crippen LogP contribution in [-0.2, 0) is 16.1 Å². The van der Waals surface area contributed by atoms with Gasteiger partial charge in [0.1, 0.15) is 5.82 Å². The van der Waals surface area contributed by atoms with Crippen LogP contribution in [0.25, 0.3) is 5.69 Å². The van der Waals surface area contributed by atoms with Crippen LogP contribution in [0.5, 0.6) is 0 Å². The summed E-state index contributed by atoms with van der Waals surface area (Å²) in [4.78, 5) is 27.8. The third-order valence-electron chi connectivity index (χ3n) is 4.29. The zero-order valence-corrected chi connectivity index (χ0v) is 16.0. The number of pyridine rings is 1. The van der Waals surface area contributed by atoms with Gasteiger partial charge in [-0.3, -0.25) is 14.6 Å². The number of hydrogen-bond donors (Lipinski definition) is 2. The van der Waals surface area contributed by atoms with Crippen molar-refractivity contribution in [3.8, 4) is 5.69 Å². The Bertz CT molecular complexity index is 1040. The molecule has 0 aliphatic rings. The topological polar surface area (TPSA) is 88.4 Å². The van der Waals surface area contributed by atoms with E-state index in [1.807, 2.05) is 24.5 Å². The molecule has 3 aromatic rings. The third-order valence-corrected chi connectivity index (χ3v) is 4.29. The maximum Gasteiger partial charge on any atom is 0.329 e. The normalized spacial score (nSPS) is 10.9. The molecule has 0 aliphatic heterocycles. The summed E-state index contributed by atoms with van der Waals surface area (Å²) in [5, 5.41) is 6.34. The average molecular weight is 393 g/mol. The van der Waals surface area contributed by atoms with Crippen LogP contribution in [0.3, 0.4) is 0 Å². The van der Waals surface area contributed by atoms with Crippen molar-refractivity contribution in [3.63, 3.8) is 0 Å². The van der Waals surface area contributed by atoms with Gasteiger partial charge in [-0.15, -0.1) is 0 Å². The molecule has 0 spiro atoms. The van der Waals surface area contributed by atoms with Crippen molar-refractivity contribution in [2.45, 2.75) is 20.4 Å². The fourth-order valence-electron chi connectivity index (χ4n) is 2.87. The number of hydrazone groups is 1. The first-order chi connectivity index (χ1) is 14.0. The monoisotopic (exact) mass is 393 g/mol. The largest absolute Gasteiger partial charge is 0.342 e. The Hall–Kier alpha value is -3.81. The van der Waals surface area contributed by atoms with E-state index in [1.165, 1.54) is 18.3 Å². The van der Waals surface area contributed by atoms with Crippen molar-refractivity contribution in [3.05, 3.63) is 83.2 Å². The Balaban J connectivity index is 1.61. The Morgan fingerprint density at radius 3 is 2.59 bits per heavy atom. The van der Waals surface area contributed by atoms with E-state index in [9.17, 15) is 14.0 Å². The van der Waals surface area contributed by atoms with Crippen LogP contribution >= 0.6 is 0 Å². The number of amides is 2. The summed E-state index contributed by atoms with van der Waals surface area (Å²) in [6.45, 7) is 3.95.